The number of halogens is 2. The number of carbonyl (C=O) groups is 1. The normalized spacial score (nSPS) is 11.0. The molecule has 21 heavy (non-hydrogen) atoms. The molecule has 0 saturated carbocycles. The maximum Gasteiger partial charge on any atom is 0.195 e. The van der Waals surface area contributed by atoms with Crippen LogP contribution in [0.4, 0.5) is 5.69 Å². The predicted octanol–water partition coefficient (Wildman–Crippen LogP) is 4.30. The highest BCUT2D eigenvalue weighted by atomic mass is 35.5. The molecule has 0 spiro atoms. The fraction of sp³-hybridized carbons (Fsp3) is 0.0625. The predicted molar refractivity (Wildman–Crippen MR) is 87.2 cm³/mol. The van der Waals surface area contributed by atoms with Gasteiger partial charge in [-0.3, -0.25) is 4.79 Å². The number of anilines is 1. The Bertz CT molecular complexity index is 868. The molecule has 0 aliphatic heterocycles. The lowest BCUT2D eigenvalue weighted by atomic mass is 10.0. The molecule has 106 valence electrons. The van der Waals surface area contributed by atoms with Gasteiger partial charge in [-0.1, -0.05) is 29.3 Å². The van der Waals surface area contributed by atoms with E-state index < -0.39 is 0 Å². The van der Waals surface area contributed by atoms with E-state index in [0.717, 1.165) is 10.9 Å². The summed E-state index contributed by atoms with van der Waals surface area (Å²) in [5, 5.41) is 1.88. The number of nitrogens with two attached hydrogens (primary N) is 1. The van der Waals surface area contributed by atoms with E-state index in [9.17, 15) is 4.79 Å². The second-order valence-corrected chi connectivity index (χ2v) is 5.72. The van der Waals surface area contributed by atoms with Gasteiger partial charge < -0.3 is 10.3 Å². The van der Waals surface area contributed by atoms with Crippen molar-refractivity contribution in [2.45, 2.75) is 0 Å². The van der Waals surface area contributed by atoms with Crippen LogP contribution in [0.5, 0.6) is 0 Å². The van der Waals surface area contributed by atoms with Gasteiger partial charge in [-0.15, -0.1) is 0 Å². The number of ketones is 1. The summed E-state index contributed by atoms with van der Waals surface area (Å²) >= 11 is 12.0. The lowest BCUT2D eigenvalue weighted by Crippen LogP contribution is -2.01. The monoisotopic (exact) mass is 318 g/mol. The Morgan fingerprint density at radius 3 is 2.62 bits per heavy atom. The third kappa shape index (κ3) is 2.39. The van der Waals surface area contributed by atoms with Gasteiger partial charge in [-0.25, -0.2) is 0 Å². The molecule has 1 aromatic heterocycles. The summed E-state index contributed by atoms with van der Waals surface area (Å²) in [5.41, 5.74) is 8.17. The molecule has 3 aromatic rings. The van der Waals surface area contributed by atoms with E-state index in [1.165, 1.54) is 0 Å². The van der Waals surface area contributed by atoms with Crippen molar-refractivity contribution in [1.82, 2.24) is 4.57 Å². The van der Waals surface area contributed by atoms with E-state index in [0.29, 0.717) is 26.9 Å². The minimum absolute atomic E-state index is 0.0928. The number of hydrogen-bond donors (Lipinski definition) is 1. The second kappa shape index (κ2) is 5.10. The van der Waals surface area contributed by atoms with Crippen LogP contribution < -0.4 is 5.73 Å². The third-order valence-electron chi connectivity index (χ3n) is 3.46. The summed E-state index contributed by atoms with van der Waals surface area (Å²) in [4.78, 5) is 12.7. The Morgan fingerprint density at radius 1 is 1.14 bits per heavy atom. The van der Waals surface area contributed by atoms with Crippen LogP contribution in [0.15, 0.2) is 42.6 Å². The molecule has 0 saturated heterocycles. The number of nitrogens with zero attached hydrogens (tertiary/aromatic N) is 1. The Labute approximate surface area is 131 Å². The maximum absolute atomic E-state index is 12.7. The van der Waals surface area contributed by atoms with E-state index >= 15 is 0 Å². The summed E-state index contributed by atoms with van der Waals surface area (Å²) < 4.78 is 1.88. The van der Waals surface area contributed by atoms with E-state index in [-0.39, 0.29) is 5.78 Å². The lowest BCUT2D eigenvalue weighted by molar-refractivity contribution is 0.104. The van der Waals surface area contributed by atoms with Crippen LogP contribution >= 0.6 is 23.2 Å². The first-order valence-corrected chi connectivity index (χ1v) is 7.07. The zero-order valence-electron chi connectivity index (χ0n) is 11.2. The Balaban J connectivity index is 2.15. The van der Waals surface area contributed by atoms with Gasteiger partial charge in [0.05, 0.1) is 10.7 Å². The zero-order valence-corrected chi connectivity index (χ0v) is 12.7. The van der Waals surface area contributed by atoms with E-state index in [2.05, 4.69) is 0 Å². The molecule has 0 aliphatic rings. The van der Waals surface area contributed by atoms with Gasteiger partial charge in [0.15, 0.2) is 5.78 Å². The molecule has 0 aliphatic carbocycles. The van der Waals surface area contributed by atoms with Crippen LogP contribution in [0, 0.1) is 0 Å². The molecular weight excluding hydrogens is 307 g/mol. The number of fused-ring (bicyclic) bond motifs is 1. The van der Waals surface area contributed by atoms with Crippen LogP contribution in [0.3, 0.4) is 0 Å². The molecular formula is C16H12Cl2N2O. The highest BCUT2D eigenvalue weighted by molar-refractivity contribution is 6.34. The standard InChI is InChI=1S/C16H12Cl2N2O/c1-20-8-12(11-4-3-10(17)7-15(11)20)16(21)9-2-5-14(19)13(18)6-9/h2-8H,19H2,1H3. The number of rotatable bonds is 2. The summed E-state index contributed by atoms with van der Waals surface area (Å²) in [6.07, 6.45) is 1.80. The minimum atomic E-state index is -0.0928. The summed E-state index contributed by atoms with van der Waals surface area (Å²) in [5.74, 6) is -0.0928. The smallest absolute Gasteiger partial charge is 0.195 e. The Morgan fingerprint density at radius 2 is 1.90 bits per heavy atom. The molecule has 5 heteroatoms. The quantitative estimate of drug-likeness (QED) is 0.565. The molecule has 2 N–H and O–H groups in total. The minimum Gasteiger partial charge on any atom is -0.398 e. The maximum atomic E-state index is 12.7. The SMILES string of the molecule is Cn1cc(C(=O)c2ccc(N)c(Cl)c2)c2ccc(Cl)cc21. The Kier molecular flexibility index (Phi) is 3.40. The van der Waals surface area contributed by atoms with Gasteiger partial charge >= 0.3 is 0 Å². The molecule has 0 atom stereocenters. The number of hydrogen-bond acceptors (Lipinski definition) is 2. The Hall–Kier alpha value is -1.97. The van der Waals surface area contributed by atoms with E-state index in [1.807, 2.05) is 23.7 Å². The van der Waals surface area contributed by atoms with Gasteiger partial charge in [-0.05, 0) is 30.3 Å². The van der Waals surface area contributed by atoms with Crippen LogP contribution in [-0.2, 0) is 7.05 Å². The largest absolute Gasteiger partial charge is 0.398 e. The highest BCUT2D eigenvalue weighted by Gasteiger charge is 2.16. The summed E-state index contributed by atoms with van der Waals surface area (Å²) in [6.45, 7) is 0. The summed E-state index contributed by atoms with van der Waals surface area (Å²) in [7, 11) is 1.88. The van der Waals surface area contributed by atoms with Crippen molar-refractivity contribution in [2.75, 3.05) is 5.73 Å². The first-order valence-electron chi connectivity index (χ1n) is 6.31. The van der Waals surface area contributed by atoms with Crippen molar-refractivity contribution in [3.63, 3.8) is 0 Å². The first kappa shape index (κ1) is 14.0. The number of aromatic nitrogens is 1. The molecule has 3 rings (SSSR count). The molecule has 0 bridgehead atoms. The fourth-order valence-corrected chi connectivity index (χ4v) is 2.71. The lowest BCUT2D eigenvalue weighted by Gasteiger charge is -2.03. The van der Waals surface area contributed by atoms with Crippen molar-refractivity contribution in [3.8, 4) is 0 Å². The molecule has 0 radical (unpaired) electrons. The highest BCUT2D eigenvalue weighted by Crippen LogP contribution is 2.27. The second-order valence-electron chi connectivity index (χ2n) is 4.88. The van der Waals surface area contributed by atoms with Crippen LogP contribution in [0.2, 0.25) is 10.0 Å². The average molecular weight is 319 g/mol. The van der Waals surface area contributed by atoms with Gasteiger partial charge in [0.25, 0.3) is 0 Å². The van der Waals surface area contributed by atoms with Gasteiger partial charge in [0.2, 0.25) is 0 Å². The van der Waals surface area contributed by atoms with Crippen molar-refractivity contribution >= 4 is 45.6 Å². The number of benzene rings is 2. The topological polar surface area (TPSA) is 48.0 Å². The molecule has 0 unspecified atom stereocenters. The van der Waals surface area contributed by atoms with E-state index in [1.54, 1.807) is 30.5 Å². The van der Waals surface area contributed by atoms with Gasteiger partial charge in [0, 0.05) is 40.3 Å². The zero-order chi connectivity index (χ0) is 15.1. The molecule has 1 heterocycles. The van der Waals surface area contributed by atoms with Crippen LogP contribution in [-0.4, -0.2) is 10.4 Å². The van der Waals surface area contributed by atoms with Crippen LogP contribution in [0.1, 0.15) is 15.9 Å². The van der Waals surface area contributed by atoms with E-state index in [4.69, 9.17) is 28.9 Å². The van der Waals surface area contributed by atoms with Crippen molar-refractivity contribution in [2.24, 2.45) is 7.05 Å². The van der Waals surface area contributed by atoms with Gasteiger partial charge in [-0.2, -0.15) is 0 Å². The molecule has 0 amide bonds. The average Bonchev–Trinajstić information content (AvgIpc) is 2.78. The molecule has 3 nitrogen and oxygen atoms in total. The van der Waals surface area contributed by atoms with Crippen LogP contribution in [0.25, 0.3) is 10.9 Å². The molecule has 0 fully saturated rings. The van der Waals surface area contributed by atoms with Crippen molar-refractivity contribution < 1.29 is 4.79 Å². The first-order chi connectivity index (χ1) is 9.97. The number of carbonyl (C=O) groups excluding carboxylic acids is 1. The van der Waals surface area contributed by atoms with Crippen molar-refractivity contribution in [3.05, 3.63) is 63.8 Å². The molecule has 2 aromatic carbocycles. The summed E-state index contributed by atoms with van der Waals surface area (Å²) in [6, 6.07) is 10.4. The van der Waals surface area contributed by atoms with Gasteiger partial charge in [0.1, 0.15) is 0 Å². The number of nitrogen functional groups attached to an aromatic ring is 1. The van der Waals surface area contributed by atoms with Crippen molar-refractivity contribution in [1.29, 1.82) is 0 Å². The number of aryl methyl sites for hydroxylation is 1. The third-order valence-corrected chi connectivity index (χ3v) is 4.02. The fourth-order valence-electron chi connectivity index (χ4n) is 2.36.